The Morgan fingerprint density at radius 2 is 1.79 bits per heavy atom. The summed E-state index contributed by atoms with van der Waals surface area (Å²) < 4.78 is 5.15. The molecule has 7 heteroatoms. The summed E-state index contributed by atoms with van der Waals surface area (Å²) in [5.41, 5.74) is 1.50. The van der Waals surface area contributed by atoms with Gasteiger partial charge < -0.3 is 30.3 Å². The minimum Gasteiger partial charge on any atom is -0.512 e. The number of carboxylic acid groups (broad SMARTS) is 1. The molecule has 0 aliphatic heterocycles. The molecule has 1 aliphatic carbocycles. The third-order valence-electron chi connectivity index (χ3n) is 4.45. The SMILES string of the molecule is COC(C=CC(=O)O)=C/C(C)=C/[C@@H]1CCCC(O)=C1c1cc(O)c(O)cc1O. The van der Waals surface area contributed by atoms with E-state index >= 15 is 0 Å². The Balaban J connectivity index is 2.43. The van der Waals surface area contributed by atoms with Gasteiger partial charge in [-0.05, 0) is 38.0 Å². The summed E-state index contributed by atoms with van der Waals surface area (Å²) in [6, 6.07) is 2.26. The van der Waals surface area contributed by atoms with E-state index < -0.39 is 17.5 Å². The Morgan fingerprint density at radius 3 is 2.43 bits per heavy atom. The van der Waals surface area contributed by atoms with Crippen LogP contribution in [0.1, 0.15) is 31.7 Å². The van der Waals surface area contributed by atoms with Gasteiger partial charge in [0, 0.05) is 35.6 Å². The first-order chi connectivity index (χ1) is 13.2. The van der Waals surface area contributed by atoms with E-state index in [0.29, 0.717) is 24.2 Å². The highest BCUT2D eigenvalue weighted by molar-refractivity contribution is 5.80. The molecular weight excluding hydrogens is 364 g/mol. The highest BCUT2D eigenvalue weighted by atomic mass is 16.5. The van der Waals surface area contributed by atoms with Crippen LogP contribution in [0.25, 0.3) is 5.57 Å². The molecule has 1 atom stereocenters. The summed E-state index contributed by atoms with van der Waals surface area (Å²) >= 11 is 0. The Kier molecular flexibility index (Phi) is 6.76. The van der Waals surface area contributed by atoms with Crippen LogP contribution in [0.5, 0.6) is 17.2 Å². The van der Waals surface area contributed by atoms with Gasteiger partial charge in [0.25, 0.3) is 0 Å². The number of aliphatic carboxylic acids is 1. The highest BCUT2D eigenvalue weighted by Crippen LogP contribution is 2.44. The molecule has 0 amide bonds. The van der Waals surface area contributed by atoms with Crippen molar-refractivity contribution in [1.82, 2.24) is 0 Å². The van der Waals surface area contributed by atoms with Crippen molar-refractivity contribution in [3.63, 3.8) is 0 Å². The van der Waals surface area contributed by atoms with Gasteiger partial charge in [0.2, 0.25) is 0 Å². The zero-order chi connectivity index (χ0) is 20.8. The lowest BCUT2D eigenvalue weighted by molar-refractivity contribution is -0.131. The van der Waals surface area contributed by atoms with Crippen molar-refractivity contribution in [3.8, 4) is 17.2 Å². The second kappa shape index (κ2) is 9.03. The zero-order valence-corrected chi connectivity index (χ0v) is 15.7. The number of hydrogen-bond donors (Lipinski definition) is 5. The molecule has 0 unspecified atom stereocenters. The number of aliphatic hydroxyl groups is 1. The third-order valence-corrected chi connectivity index (χ3v) is 4.45. The number of benzene rings is 1. The molecule has 0 saturated carbocycles. The number of hydrogen-bond acceptors (Lipinski definition) is 6. The van der Waals surface area contributed by atoms with E-state index in [9.17, 15) is 25.2 Å². The van der Waals surface area contributed by atoms with E-state index in [1.165, 1.54) is 19.3 Å². The van der Waals surface area contributed by atoms with Gasteiger partial charge in [-0.2, -0.15) is 0 Å². The summed E-state index contributed by atoms with van der Waals surface area (Å²) in [5, 5.41) is 48.7. The van der Waals surface area contributed by atoms with E-state index in [1.807, 2.05) is 13.0 Å². The number of carboxylic acids is 1. The zero-order valence-electron chi connectivity index (χ0n) is 15.7. The van der Waals surface area contributed by atoms with Crippen LogP contribution in [0.15, 0.2) is 53.5 Å². The van der Waals surface area contributed by atoms with Gasteiger partial charge in [-0.25, -0.2) is 4.79 Å². The van der Waals surface area contributed by atoms with Gasteiger partial charge in [-0.1, -0.05) is 11.6 Å². The molecule has 150 valence electrons. The molecule has 28 heavy (non-hydrogen) atoms. The Hall–Kier alpha value is -3.35. The van der Waals surface area contributed by atoms with Crippen molar-refractivity contribution < 1.29 is 35.1 Å². The molecule has 1 aromatic rings. The van der Waals surface area contributed by atoms with E-state index in [0.717, 1.165) is 24.1 Å². The summed E-state index contributed by atoms with van der Waals surface area (Å²) in [7, 11) is 1.43. The van der Waals surface area contributed by atoms with Gasteiger partial charge in [-0.3, -0.25) is 0 Å². The fourth-order valence-corrected chi connectivity index (χ4v) is 3.20. The number of aromatic hydroxyl groups is 3. The van der Waals surface area contributed by atoms with Crippen LogP contribution >= 0.6 is 0 Å². The molecule has 0 fully saturated rings. The van der Waals surface area contributed by atoms with Crippen molar-refractivity contribution in [2.24, 2.45) is 5.92 Å². The van der Waals surface area contributed by atoms with Gasteiger partial charge in [-0.15, -0.1) is 0 Å². The molecule has 0 spiro atoms. The maximum absolute atomic E-state index is 10.7. The molecule has 1 aromatic carbocycles. The second-order valence-corrected chi connectivity index (χ2v) is 6.55. The van der Waals surface area contributed by atoms with E-state index in [1.54, 1.807) is 6.08 Å². The molecule has 0 heterocycles. The third kappa shape index (κ3) is 5.09. The van der Waals surface area contributed by atoms with Crippen LogP contribution in [0.4, 0.5) is 0 Å². The van der Waals surface area contributed by atoms with Gasteiger partial charge in [0.15, 0.2) is 11.5 Å². The number of phenolic OH excluding ortho intramolecular Hbond substituents is 3. The molecule has 7 nitrogen and oxygen atoms in total. The van der Waals surface area contributed by atoms with Crippen LogP contribution in [0, 0.1) is 5.92 Å². The maximum Gasteiger partial charge on any atom is 0.328 e. The monoisotopic (exact) mass is 388 g/mol. The molecule has 0 aromatic heterocycles. The number of aliphatic hydroxyl groups excluding tert-OH is 1. The minimum atomic E-state index is -1.09. The van der Waals surface area contributed by atoms with Crippen molar-refractivity contribution >= 4 is 11.5 Å². The number of rotatable bonds is 6. The van der Waals surface area contributed by atoms with E-state index in [4.69, 9.17) is 9.84 Å². The predicted molar refractivity (Wildman–Crippen MR) is 104 cm³/mol. The van der Waals surface area contributed by atoms with Crippen molar-refractivity contribution in [1.29, 1.82) is 0 Å². The first kappa shape index (κ1) is 21.0. The van der Waals surface area contributed by atoms with E-state index in [-0.39, 0.29) is 23.0 Å². The molecule has 5 N–H and O–H groups in total. The summed E-state index contributed by atoms with van der Waals surface area (Å²) in [4.78, 5) is 10.7. The first-order valence-corrected chi connectivity index (χ1v) is 8.75. The average Bonchev–Trinajstić information content (AvgIpc) is 2.62. The number of allylic oxidation sites excluding steroid dienone is 6. The number of methoxy groups -OCH3 is 1. The first-order valence-electron chi connectivity index (χ1n) is 8.75. The predicted octanol–water partition coefficient (Wildman–Crippen LogP) is 3.99. The Morgan fingerprint density at radius 1 is 1.11 bits per heavy atom. The summed E-state index contributed by atoms with van der Waals surface area (Å²) in [6.45, 7) is 1.81. The normalized spacial score (nSPS) is 18.6. The average molecular weight is 388 g/mol. The summed E-state index contributed by atoms with van der Waals surface area (Å²) in [5.74, 6) is -1.95. The van der Waals surface area contributed by atoms with E-state index in [2.05, 4.69) is 0 Å². The smallest absolute Gasteiger partial charge is 0.328 e. The molecule has 0 bridgehead atoms. The lowest BCUT2D eigenvalue weighted by Gasteiger charge is -2.25. The van der Waals surface area contributed by atoms with Crippen LogP contribution in [-0.4, -0.2) is 38.6 Å². The Labute approximate surface area is 162 Å². The van der Waals surface area contributed by atoms with Crippen molar-refractivity contribution in [3.05, 3.63) is 59.1 Å². The highest BCUT2D eigenvalue weighted by Gasteiger charge is 2.26. The maximum atomic E-state index is 10.7. The van der Waals surface area contributed by atoms with Crippen molar-refractivity contribution in [2.75, 3.05) is 7.11 Å². The van der Waals surface area contributed by atoms with Gasteiger partial charge in [0.1, 0.15) is 11.5 Å². The topological polar surface area (TPSA) is 127 Å². The van der Waals surface area contributed by atoms with Gasteiger partial charge >= 0.3 is 5.97 Å². The number of carbonyl (C=O) groups is 1. The number of ether oxygens (including phenoxy) is 1. The van der Waals surface area contributed by atoms with Crippen LogP contribution in [0.2, 0.25) is 0 Å². The molecule has 1 aliphatic rings. The lowest BCUT2D eigenvalue weighted by atomic mass is 9.81. The quantitative estimate of drug-likeness (QED) is 0.164. The molecule has 2 rings (SSSR count). The molecular formula is C21H24O7. The molecule has 0 radical (unpaired) electrons. The largest absolute Gasteiger partial charge is 0.512 e. The Bertz CT molecular complexity index is 875. The van der Waals surface area contributed by atoms with Gasteiger partial charge in [0.05, 0.1) is 12.9 Å². The minimum absolute atomic E-state index is 0.113. The fraction of sp³-hybridized carbons (Fsp3) is 0.286. The lowest BCUT2D eigenvalue weighted by Crippen LogP contribution is -2.10. The van der Waals surface area contributed by atoms with Crippen LogP contribution in [-0.2, 0) is 9.53 Å². The van der Waals surface area contributed by atoms with Crippen LogP contribution < -0.4 is 0 Å². The van der Waals surface area contributed by atoms with Crippen LogP contribution in [0.3, 0.4) is 0 Å². The summed E-state index contributed by atoms with van der Waals surface area (Å²) in [6.07, 6.45) is 7.74. The van der Waals surface area contributed by atoms with Crippen molar-refractivity contribution in [2.45, 2.75) is 26.2 Å². The second-order valence-electron chi connectivity index (χ2n) is 6.55. The number of phenols is 3. The fourth-order valence-electron chi connectivity index (χ4n) is 3.20. The molecule has 0 saturated heterocycles. The standard InChI is InChI=1S/C21H24O7/c1-12(9-14(28-2)6-7-20(26)27)8-13-4-3-5-16(22)21(13)15-10-18(24)19(25)11-17(15)23/h6-11,13,22-25H,3-5H2,1-2H3,(H,26,27)/b7-6?,12-8+,14-9?/t13-/m0/s1.